The molecule has 1 fully saturated rings. The van der Waals surface area contributed by atoms with E-state index in [1.165, 1.54) is 10.5 Å². The Morgan fingerprint density at radius 1 is 1.09 bits per heavy atom. The minimum atomic E-state index is -4.58. The number of fused-ring (bicyclic) bond motifs is 4. The van der Waals surface area contributed by atoms with Crippen LogP contribution in [-0.2, 0) is 17.5 Å². The van der Waals surface area contributed by atoms with Crippen LogP contribution in [0, 0.1) is 24.2 Å². The molecule has 0 bridgehead atoms. The van der Waals surface area contributed by atoms with Gasteiger partial charge in [-0.05, 0) is 51.0 Å². The summed E-state index contributed by atoms with van der Waals surface area (Å²) in [4.78, 5) is 10.6. The first-order valence-corrected chi connectivity index (χ1v) is 11.3. The summed E-state index contributed by atoms with van der Waals surface area (Å²) in [6.07, 6.45) is -2.39. The molecule has 1 aliphatic heterocycles. The van der Waals surface area contributed by atoms with Gasteiger partial charge in [0, 0.05) is 28.8 Å². The van der Waals surface area contributed by atoms with E-state index in [1.54, 1.807) is 6.92 Å². The minimum Gasteiger partial charge on any atom is -0.375 e. The summed E-state index contributed by atoms with van der Waals surface area (Å²) in [6, 6.07) is 8.25. The summed E-state index contributed by atoms with van der Waals surface area (Å²) < 4.78 is 47.8. The number of alkyl halides is 3. The molecular formula is C25H21F3N6O. The summed E-state index contributed by atoms with van der Waals surface area (Å²) in [7, 11) is 0. The molecule has 6 rings (SSSR count). The predicted octanol–water partition coefficient (Wildman–Crippen LogP) is 4.82. The van der Waals surface area contributed by atoms with Crippen LogP contribution in [0.25, 0.3) is 16.8 Å². The Balaban J connectivity index is 1.57. The fraction of sp³-hybridized carbons (Fsp3) is 0.360. The lowest BCUT2D eigenvalue weighted by Crippen LogP contribution is -2.23. The van der Waals surface area contributed by atoms with Gasteiger partial charge in [-0.15, -0.1) is 10.2 Å². The summed E-state index contributed by atoms with van der Waals surface area (Å²) in [5.74, 6) is 7.74. The van der Waals surface area contributed by atoms with Crippen molar-refractivity contribution in [3.8, 4) is 11.8 Å². The highest BCUT2D eigenvalue weighted by atomic mass is 19.4. The van der Waals surface area contributed by atoms with E-state index in [-0.39, 0.29) is 16.8 Å². The van der Waals surface area contributed by atoms with Crippen molar-refractivity contribution in [1.29, 1.82) is 0 Å². The van der Waals surface area contributed by atoms with Gasteiger partial charge in [-0.2, -0.15) is 18.2 Å². The first kappa shape index (κ1) is 21.8. The summed E-state index contributed by atoms with van der Waals surface area (Å²) in [5, 5.41) is 8.56. The van der Waals surface area contributed by atoms with Gasteiger partial charge in [0.15, 0.2) is 5.65 Å². The van der Waals surface area contributed by atoms with Crippen LogP contribution >= 0.6 is 0 Å². The summed E-state index contributed by atoms with van der Waals surface area (Å²) >= 11 is 0. The summed E-state index contributed by atoms with van der Waals surface area (Å²) in [6.45, 7) is 5.05. The van der Waals surface area contributed by atoms with Crippen LogP contribution in [0.4, 0.5) is 24.7 Å². The van der Waals surface area contributed by atoms with Gasteiger partial charge < -0.3 is 9.64 Å². The number of halogens is 3. The monoisotopic (exact) mass is 478 g/mol. The molecule has 4 heterocycles. The van der Waals surface area contributed by atoms with Crippen molar-refractivity contribution in [3.63, 3.8) is 0 Å². The van der Waals surface area contributed by atoms with E-state index in [4.69, 9.17) is 9.72 Å². The second-order valence-electron chi connectivity index (χ2n) is 9.20. The van der Waals surface area contributed by atoms with Gasteiger partial charge in [-0.25, -0.2) is 9.38 Å². The standard InChI is InChI=1S/C25H21F3N6O/c1-15-31-32-23-30-21(17-6-7-20(25(26,27)28)29-22(17)34(15)23)33-12-13-35-14-18-16(4-3-5-19(18)33)8-9-24(2)10-11-24/h3-7H,10-14H2,1-2H3. The number of aromatic nitrogens is 5. The molecule has 1 saturated carbocycles. The maximum absolute atomic E-state index is 13.5. The van der Waals surface area contributed by atoms with Gasteiger partial charge in [0.05, 0.1) is 18.6 Å². The highest BCUT2D eigenvalue weighted by Gasteiger charge is 2.35. The van der Waals surface area contributed by atoms with Gasteiger partial charge in [-0.1, -0.05) is 17.9 Å². The van der Waals surface area contributed by atoms with E-state index in [9.17, 15) is 13.2 Å². The van der Waals surface area contributed by atoms with Crippen molar-refractivity contribution >= 4 is 28.3 Å². The third-order valence-corrected chi connectivity index (χ3v) is 6.53. The average Bonchev–Trinajstić information content (AvgIpc) is 3.51. The number of hydrogen-bond acceptors (Lipinski definition) is 6. The van der Waals surface area contributed by atoms with Crippen LogP contribution in [-0.4, -0.2) is 37.7 Å². The molecule has 35 heavy (non-hydrogen) atoms. The van der Waals surface area contributed by atoms with Crippen molar-refractivity contribution in [2.24, 2.45) is 5.41 Å². The first-order valence-electron chi connectivity index (χ1n) is 11.3. The van der Waals surface area contributed by atoms with E-state index in [1.807, 2.05) is 23.1 Å². The molecule has 4 aromatic rings. The molecule has 3 aromatic heterocycles. The molecule has 0 radical (unpaired) electrons. The third-order valence-electron chi connectivity index (χ3n) is 6.53. The fourth-order valence-corrected chi connectivity index (χ4v) is 4.28. The van der Waals surface area contributed by atoms with Crippen LogP contribution in [0.5, 0.6) is 0 Å². The number of benzene rings is 1. The molecule has 178 valence electrons. The zero-order chi connectivity index (χ0) is 24.4. The van der Waals surface area contributed by atoms with Gasteiger partial charge >= 0.3 is 6.18 Å². The largest absolute Gasteiger partial charge is 0.433 e. The Bertz CT molecular complexity index is 1540. The lowest BCUT2D eigenvalue weighted by molar-refractivity contribution is -0.141. The number of aryl methyl sites for hydroxylation is 1. The predicted molar refractivity (Wildman–Crippen MR) is 123 cm³/mol. The fourth-order valence-electron chi connectivity index (χ4n) is 4.28. The normalized spacial score (nSPS) is 17.1. The molecule has 1 aliphatic carbocycles. The van der Waals surface area contributed by atoms with Crippen LogP contribution in [0.1, 0.15) is 42.4 Å². The number of hydrogen-bond donors (Lipinski definition) is 0. The number of anilines is 2. The van der Waals surface area contributed by atoms with Crippen LogP contribution < -0.4 is 4.90 Å². The van der Waals surface area contributed by atoms with Crippen molar-refractivity contribution in [3.05, 3.63) is 53.0 Å². The molecule has 0 spiro atoms. The number of ether oxygens (including phenoxy) is 1. The van der Waals surface area contributed by atoms with E-state index in [0.29, 0.717) is 36.8 Å². The van der Waals surface area contributed by atoms with Crippen LogP contribution in [0.2, 0.25) is 0 Å². The molecular weight excluding hydrogens is 457 g/mol. The zero-order valence-corrected chi connectivity index (χ0v) is 19.1. The smallest absolute Gasteiger partial charge is 0.375 e. The molecule has 0 amide bonds. The topological polar surface area (TPSA) is 68.4 Å². The first-order chi connectivity index (χ1) is 16.7. The maximum atomic E-state index is 13.5. The molecule has 7 nitrogen and oxygen atoms in total. The Morgan fingerprint density at radius 3 is 2.69 bits per heavy atom. The van der Waals surface area contributed by atoms with Gasteiger partial charge in [0.1, 0.15) is 17.3 Å². The molecule has 0 atom stereocenters. The van der Waals surface area contributed by atoms with Crippen molar-refractivity contribution in [1.82, 2.24) is 24.6 Å². The second kappa shape index (κ2) is 7.65. The second-order valence-corrected chi connectivity index (χ2v) is 9.20. The van der Waals surface area contributed by atoms with Gasteiger partial charge in [0.2, 0.25) is 0 Å². The maximum Gasteiger partial charge on any atom is 0.433 e. The quantitative estimate of drug-likeness (QED) is 0.366. The molecule has 0 N–H and O–H groups in total. The highest BCUT2D eigenvalue weighted by molar-refractivity contribution is 5.92. The lowest BCUT2D eigenvalue weighted by atomic mass is 10.0. The molecule has 0 unspecified atom stereocenters. The Morgan fingerprint density at radius 2 is 1.91 bits per heavy atom. The lowest BCUT2D eigenvalue weighted by Gasteiger charge is -2.25. The molecule has 2 aliphatic rings. The third kappa shape index (κ3) is 3.76. The van der Waals surface area contributed by atoms with E-state index in [2.05, 4.69) is 33.9 Å². The molecule has 1 aromatic carbocycles. The number of pyridine rings is 1. The Labute approximate surface area is 199 Å². The van der Waals surface area contributed by atoms with Crippen LogP contribution in [0.3, 0.4) is 0 Å². The zero-order valence-electron chi connectivity index (χ0n) is 19.1. The highest BCUT2D eigenvalue weighted by Crippen LogP contribution is 2.44. The summed E-state index contributed by atoms with van der Waals surface area (Å²) in [5.41, 5.74) is 1.85. The number of rotatable bonds is 1. The van der Waals surface area contributed by atoms with E-state index >= 15 is 0 Å². The van der Waals surface area contributed by atoms with Gasteiger partial charge in [-0.3, -0.25) is 0 Å². The number of nitrogens with zero attached hydrogens (tertiary/aromatic N) is 6. The minimum absolute atomic E-state index is 0.0736. The average molecular weight is 478 g/mol. The van der Waals surface area contributed by atoms with Crippen molar-refractivity contribution < 1.29 is 17.9 Å². The SMILES string of the molecule is Cc1nnc2nc(N3CCOCc4c(C#CC5(C)CC5)cccc43)c3ccc(C(F)(F)F)nc3n12. The Kier molecular flexibility index (Phi) is 4.76. The van der Waals surface area contributed by atoms with Gasteiger partial charge in [0.25, 0.3) is 5.78 Å². The molecule has 10 heteroatoms. The van der Waals surface area contributed by atoms with E-state index < -0.39 is 11.9 Å². The van der Waals surface area contributed by atoms with Crippen molar-refractivity contribution in [2.45, 2.75) is 39.5 Å². The Hall–Kier alpha value is -3.71. The van der Waals surface area contributed by atoms with E-state index in [0.717, 1.165) is 35.7 Å². The molecule has 0 saturated heterocycles. The van der Waals surface area contributed by atoms with Crippen molar-refractivity contribution in [2.75, 3.05) is 18.1 Å². The van der Waals surface area contributed by atoms with Crippen LogP contribution in [0.15, 0.2) is 30.3 Å².